The molecule has 362 valence electrons. The first-order valence-corrected chi connectivity index (χ1v) is 34.4. The van der Waals surface area contributed by atoms with Crippen LogP contribution in [0.4, 0.5) is 10.6 Å². The van der Waals surface area contributed by atoms with E-state index < -0.39 is 30.1 Å². The van der Waals surface area contributed by atoms with Crippen molar-refractivity contribution in [2.45, 2.75) is 167 Å². The quantitative estimate of drug-likeness (QED) is 0.0390. The van der Waals surface area contributed by atoms with Gasteiger partial charge in [-0.1, -0.05) is 103 Å². The summed E-state index contributed by atoms with van der Waals surface area (Å²) in [5.74, 6) is 1.17. The molecule has 2 aliphatic heterocycles. The highest BCUT2D eigenvalue weighted by molar-refractivity contribution is 6.76. The van der Waals surface area contributed by atoms with E-state index in [1.165, 1.54) is 0 Å². The minimum atomic E-state index is -2.24. The zero-order chi connectivity index (χ0) is 48.4. The van der Waals surface area contributed by atoms with Crippen molar-refractivity contribution < 1.29 is 28.2 Å². The Kier molecular flexibility index (Phi) is 15.9. The maximum Gasteiger partial charge on any atom is 0.410 e. The Morgan fingerprint density at radius 1 is 0.833 bits per heavy atom. The van der Waals surface area contributed by atoms with Crippen LogP contribution in [0.2, 0.25) is 69.5 Å². The molecular weight excluding hydrogens is 877 g/mol. The summed E-state index contributed by atoms with van der Waals surface area (Å²) in [4.78, 5) is 28.9. The Balaban J connectivity index is 1.54. The van der Waals surface area contributed by atoms with E-state index in [2.05, 4.69) is 109 Å². The standard InChI is InChI=1S/C51H80N6O6Si3/c1-17-61-36(2)45-46(39-29-40-31-44(63-66(15,16)51(6,7)8)43(30-39)56(40)49(58)62-50(3,4)5)54-47-41(38-23-24-42(52-32-38)37-21-19-18-20-22-37)33-53-57(47)48(45)55(34-59-25-27-64(9,10)11)35-60-26-28-65(12,13)14/h18-24,32-33,39-40,43-44H,2,17,25-31,34-35H2,1,3-16H3/t39-,40+,43-,44?/m1/s1. The van der Waals surface area contributed by atoms with E-state index in [1.54, 1.807) is 0 Å². The van der Waals surface area contributed by atoms with E-state index in [9.17, 15) is 4.79 Å². The van der Waals surface area contributed by atoms with Gasteiger partial charge in [-0.15, -0.1) is 0 Å². The first-order valence-electron chi connectivity index (χ1n) is 24.1. The van der Waals surface area contributed by atoms with Crippen molar-refractivity contribution in [2.24, 2.45) is 0 Å². The molecule has 1 amide bonds. The molecule has 2 bridgehead atoms. The van der Waals surface area contributed by atoms with Crippen molar-refractivity contribution in [3.8, 4) is 22.4 Å². The Labute approximate surface area is 399 Å². The lowest BCUT2D eigenvalue weighted by Gasteiger charge is -2.43. The van der Waals surface area contributed by atoms with Crippen LogP contribution >= 0.6 is 0 Å². The molecule has 4 atom stereocenters. The van der Waals surface area contributed by atoms with Gasteiger partial charge in [-0.3, -0.25) is 9.88 Å². The molecular formula is C51H80N6O6Si3. The number of carbonyl (C=O) groups excluding carboxylic acids is 1. The summed E-state index contributed by atoms with van der Waals surface area (Å²) in [5.41, 5.74) is 5.36. The fraction of sp³-hybridized carbons (Fsp3) is 0.608. The van der Waals surface area contributed by atoms with E-state index in [0.717, 1.165) is 58.0 Å². The molecule has 3 aromatic heterocycles. The SMILES string of the molecule is C=C(OCC)c1c([C@@H]2C[C@H]3CC(O[Si](C)(C)C(C)(C)C)[C@@H](C2)N3C(=O)OC(C)(C)C)nc2c(-c3ccc(-c4ccccc4)nc3)cnn2c1N(COCC[Si](C)(C)C)COCC[Si](C)(C)C. The average molecular weight is 957 g/mol. The Morgan fingerprint density at radius 2 is 1.47 bits per heavy atom. The van der Waals surface area contributed by atoms with Crippen LogP contribution in [0, 0.1) is 0 Å². The topological polar surface area (TPSA) is 113 Å². The zero-order valence-corrected chi connectivity index (χ0v) is 45.9. The molecule has 66 heavy (non-hydrogen) atoms. The number of hydrogen-bond acceptors (Lipinski definition) is 10. The van der Waals surface area contributed by atoms with Crippen molar-refractivity contribution in [2.75, 3.05) is 38.2 Å². The van der Waals surface area contributed by atoms with E-state index in [-0.39, 0.29) is 48.7 Å². The van der Waals surface area contributed by atoms with Crippen LogP contribution in [-0.2, 0) is 23.4 Å². The van der Waals surface area contributed by atoms with Crippen molar-refractivity contribution >= 4 is 47.8 Å². The third-order valence-electron chi connectivity index (χ3n) is 13.2. The van der Waals surface area contributed by atoms with Gasteiger partial charge < -0.3 is 28.3 Å². The van der Waals surface area contributed by atoms with Gasteiger partial charge >= 0.3 is 6.09 Å². The van der Waals surface area contributed by atoms with Gasteiger partial charge in [-0.25, -0.2) is 9.78 Å². The van der Waals surface area contributed by atoms with Crippen LogP contribution in [0.5, 0.6) is 0 Å². The highest BCUT2D eigenvalue weighted by Gasteiger charge is 2.54. The summed E-state index contributed by atoms with van der Waals surface area (Å²) in [5, 5.41) is 5.11. The molecule has 2 saturated heterocycles. The van der Waals surface area contributed by atoms with Crippen LogP contribution in [0.3, 0.4) is 0 Å². The number of fused-ring (bicyclic) bond motifs is 3. The lowest BCUT2D eigenvalue weighted by molar-refractivity contribution is -0.00102. The first-order chi connectivity index (χ1) is 30.8. The highest BCUT2D eigenvalue weighted by atomic mass is 28.4. The largest absolute Gasteiger partial charge is 0.494 e. The number of hydrogen-bond donors (Lipinski definition) is 0. The molecule has 1 aromatic carbocycles. The molecule has 1 unspecified atom stereocenters. The van der Waals surface area contributed by atoms with E-state index in [1.807, 2.05) is 67.7 Å². The second-order valence-corrected chi connectivity index (χ2v) is 39.3. The van der Waals surface area contributed by atoms with Crippen molar-refractivity contribution in [1.82, 2.24) is 24.5 Å². The second kappa shape index (κ2) is 20.4. The maximum atomic E-state index is 14.2. The van der Waals surface area contributed by atoms with Gasteiger partial charge in [-0.05, 0) is 83.2 Å². The monoisotopic (exact) mass is 957 g/mol. The molecule has 4 aromatic rings. The van der Waals surface area contributed by atoms with E-state index >= 15 is 0 Å². The predicted molar refractivity (Wildman–Crippen MR) is 277 cm³/mol. The summed E-state index contributed by atoms with van der Waals surface area (Å²) >= 11 is 0. The number of anilines is 1. The summed E-state index contributed by atoms with van der Waals surface area (Å²) in [7, 11) is -5.00. The van der Waals surface area contributed by atoms with Gasteiger partial charge in [0.05, 0.1) is 41.9 Å². The Bertz CT molecular complexity index is 2260. The van der Waals surface area contributed by atoms with Gasteiger partial charge in [-0.2, -0.15) is 9.61 Å². The average Bonchev–Trinajstić information content (AvgIpc) is 3.73. The zero-order valence-electron chi connectivity index (χ0n) is 42.9. The summed E-state index contributed by atoms with van der Waals surface area (Å²) in [6.07, 6.45) is 5.37. The van der Waals surface area contributed by atoms with Gasteiger partial charge in [0.2, 0.25) is 0 Å². The normalized spacial score (nSPS) is 19.3. The fourth-order valence-electron chi connectivity index (χ4n) is 8.58. The van der Waals surface area contributed by atoms with Crippen LogP contribution in [0.15, 0.2) is 61.4 Å². The smallest absolute Gasteiger partial charge is 0.410 e. The first kappa shape index (κ1) is 51.5. The third kappa shape index (κ3) is 12.6. The molecule has 6 rings (SSSR count). The number of aromatic nitrogens is 4. The number of rotatable bonds is 19. The van der Waals surface area contributed by atoms with E-state index in [0.29, 0.717) is 44.1 Å². The number of ether oxygens (including phenoxy) is 4. The third-order valence-corrected chi connectivity index (χ3v) is 21.1. The number of carbonyl (C=O) groups is 1. The molecule has 5 heterocycles. The maximum absolute atomic E-state index is 14.2. The van der Waals surface area contributed by atoms with Gasteiger partial charge in [0.1, 0.15) is 30.6 Å². The van der Waals surface area contributed by atoms with Crippen LogP contribution in [0.1, 0.15) is 84.9 Å². The van der Waals surface area contributed by atoms with Crippen molar-refractivity contribution in [1.29, 1.82) is 0 Å². The van der Waals surface area contributed by atoms with Gasteiger partial charge in [0, 0.05) is 64.2 Å². The minimum Gasteiger partial charge on any atom is -0.494 e. The van der Waals surface area contributed by atoms with Crippen LogP contribution < -0.4 is 4.90 Å². The summed E-state index contributed by atoms with van der Waals surface area (Å²) in [6.45, 7) is 40.2. The lowest BCUT2D eigenvalue weighted by atomic mass is 9.85. The predicted octanol–water partition coefficient (Wildman–Crippen LogP) is 12.5. The van der Waals surface area contributed by atoms with Crippen LogP contribution in [0.25, 0.3) is 33.8 Å². The molecule has 2 fully saturated rings. The van der Waals surface area contributed by atoms with Crippen molar-refractivity contribution in [3.05, 3.63) is 72.7 Å². The number of pyridine rings is 1. The fourth-order valence-corrected chi connectivity index (χ4v) is 11.5. The lowest BCUT2D eigenvalue weighted by Crippen LogP contribution is -2.52. The van der Waals surface area contributed by atoms with Crippen molar-refractivity contribution in [3.63, 3.8) is 0 Å². The molecule has 15 heteroatoms. The Hall–Kier alpha value is -3.87. The summed E-state index contributed by atoms with van der Waals surface area (Å²) in [6, 6.07) is 16.1. The Morgan fingerprint density at radius 3 is 2.02 bits per heavy atom. The molecule has 0 saturated carbocycles. The highest BCUT2D eigenvalue weighted by Crippen LogP contribution is 2.50. The molecule has 0 aliphatic carbocycles. The minimum absolute atomic E-state index is 0.00592. The second-order valence-electron chi connectivity index (χ2n) is 23.3. The van der Waals surface area contributed by atoms with Gasteiger partial charge in [0.25, 0.3) is 0 Å². The van der Waals surface area contributed by atoms with Crippen LogP contribution in [-0.4, -0.2) is 112 Å². The number of nitrogens with zero attached hydrogens (tertiary/aromatic N) is 6. The molecule has 0 radical (unpaired) electrons. The molecule has 12 nitrogen and oxygen atoms in total. The number of piperidine rings is 1. The number of amides is 1. The van der Waals surface area contributed by atoms with E-state index in [4.69, 9.17) is 38.4 Å². The molecule has 0 spiro atoms. The van der Waals surface area contributed by atoms with Gasteiger partial charge in [0.15, 0.2) is 14.0 Å². The summed E-state index contributed by atoms with van der Waals surface area (Å²) < 4.78 is 34.9. The molecule has 2 aliphatic rings. The molecule has 0 N–H and O–H groups in total. The number of benzene rings is 1.